The molecule has 2 amide bonds. The first kappa shape index (κ1) is 40.9. The minimum absolute atomic E-state index is 0.0111. The SMILES string of the molecule is CCOc1cc(Oc2ccc(C(F)(F)F)cc2Cl)ccc1[N+](=O)[O-].CCS(=O)(=O)c1cccnc1S(=O)(=O)NC(=O)Nc1nc(OC)cc(OC)n1. The molecule has 2 N–H and O–H groups in total. The van der Waals surface area contributed by atoms with Crippen molar-refractivity contribution in [3.8, 4) is 29.0 Å². The molecule has 0 saturated heterocycles. The summed E-state index contributed by atoms with van der Waals surface area (Å²) in [6.45, 7) is 3.21. The summed E-state index contributed by atoms with van der Waals surface area (Å²) in [5, 5.41) is 12.0. The number of benzene rings is 2. The molecule has 280 valence electrons. The lowest BCUT2D eigenvalue weighted by Crippen LogP contribution is -2.36. The van der Waals surface area contributed by atoms with Crippen LogP contribution in [-0.4, -0.2) is 69.3 Å². The van der Waals surface area contributed by atoms with Crippen molar-refractivity contribution in [1.29, 1.82) is 0 Å². The van der Waals surface area contributed by atoms with Gasteiger partial charge < -0.3 is 18.9 Å². The molecule has 4 aromatic rings. The number of sulfone groups is 1. The Morgan fingerprint density at radius 2 is 1.62 bits per heavy atom. The molecule has 0 unspecified atom stereocenters. The summed E-state index contributed by atoms with van der Waals surface area (Å²) in [5.41, 5.74) is -1.15. The van der Waals surface area contributed by atoms with E-state index in [1.54, 1.807) is 11.6 Å². The van der Waals surface area contributed by atoms with Crippen LogP contribution in [0.4, 0.5) is 29.6 Å². The van der Waals surface area contributed by atoms with Gasteiger partial charge >= 0.3 is 17.9 Å². The fourth-order valence-corrected chi connectivity index (χ4v) is 6.57. The summed E-state index contributed by atoms with van der Waals surface area (Å²) in [4.78, 5) is 33.1. The van der Waals surface area contributed by atoms with Gasteiger partial charge in [-0.15, -0.1) is 0 Å². The molecule has 0 aliphatic carbocycles. The van der Waals surface area contributed by atoms with E-state index < -0.39 is 52.5 Å². The molecule has 0 radical (unpaired) electrons. The van der Waals surface area contributed by atoms with Gasteiger partial charge in [0.15, 0.2) is 14.9 Å². The molecule has 2 aromatic heterocycles. The summed E-state index contributed by atoms with van der Waals surface area (Å²) in [7, 11) is -5.85. The number of ether oxygens (including phenoxy) is 4. The first-order valence-electron chi connectivity index (χ1n) is 14.3. The van der Waals surface area contributed by atoms with E-state index >= 15 is 0 Å². The van der Waals surface area contributed by atoms with E-state index in [2.05, 4.69) is 20.3 Å². The van der Waals surface area contributed by atoms with Crippen LogP contribution in [0.2, 0.25) is 5.02 Å². The van der Waals surface area contributed by atoms with Crippen molar-refractivity contribution < 1.29 is 58.7 Å². The van der Waals surface area contributed by atoms with Crippen LogP contribution in [0.15, 0.2) is 70.7 Å². The third-order valence-electron chi connectivity index (χ3n) is 6.17. The number of rotatable bonds is 12. The normalized spacial score (nSPS) is 11.4. The molecule has 0 bridgehead atoms. The van der Waals surface area contributed by atoms with Crippen LogP contribution in [-0.2, 0) is 26.0 Å². The largest absolute Gasteiger partial charge is 0.487 e. The van der Waals surface area contributed by atoms with Gasteiger partial charge in [0, 0.05) is 18.3 Å². The highest BCUT2D eigenvalue weighted by atomic mass is 35.5. The zero-order valence-electron chi connectivity index (χ0n) is 27.3. The second kappa shape index (κ2) is 17.2. The topological polar surface area (TPSA) is 228 Å². The highest BCUT2D eigenvalue weighted by molar-refractivity contribution is 7.93. The highest BCUT2D eigenvalue weighted by Crippen LogP contribution is 2.38. The average Bonchev–Trinajstić information content (AvgIpc) is 3.08. The Labute approximate surface area is 299 Å². The summed E-state index contributed by atoms with van der Waals surface area (Å²) < 4.78 is 109. The number of carbonyl (C=O) groups is 1. The van der Waals surface area contributed by atoms with Crippen LogP contribution in [0.3, 0.4) is 0 Å². The first-order chi connectivity index (χ1) is 24.3. The van der Waals surface area contributed by atoms with Gasteiger partial charge in [-0.3, -0.25) is 15.4 Å². The summed E-state index contributed by atoms with van der Waals surface area (Å²) in [6, 6.07) is 8.87. The number of hydrogen-bond acceptors (Lipinski definition) is 14. The zero-order valence-corrected chi connectivity index (χ0v) is 29.7. The molecule has 23 heteroatoms. The van der Waals surface area contributed by atoms with Crippen molar-refractivity contribution in [2.75, 3.05) is 31.9 Å². The molecule has 4 rings (SSSR count). The fourth-order valence-electron chi connectivity index (χ4n) is 3.80. The van der Waals surface area contributed by atoms with Gasteiger partial charge in [0.2, 0.25) is 23.5 Å². The Bertz CT molecular complexity index is 2140. The Morgan fingerprint density at radius 3 is 2.15 bits per heavy atom. The molecule has 0 aliphatic heterocycles. The van der Waals surface area contributed by atoms with Crippen LogP contribution in [0.1, 0.15) is 19.4 Å². The van der Waals surface area contributed by atoms with Crippen LogP contribution >= 0.6 is 11.6 Å². The number of aromatic nitrogens is 3. The van der Waals surface area contributed by atoms with E-state index in [9.17, 15) is 44.9 Å². The third kappa shape index (κ3) is 10.8. The Kier molecular flexibility index (Phi) is 13.5. The number of hydrogen-bond donors (Lipinski definition) is 2. The number of nitrogens with zero attached hydrogens (tertiary/aromatic N) is 4. The standard InChI is InChI=1S/C15H11ClF3NO4.C14H17N5O7S2/c1-2-23-14-8-10(4-5-12(14)20(21)22)24-13-6-3-9(7-11(13)16)15(17,18)19;1-4-27(21,22)9-6-5-7-15-12(9)28(23,24)19-14(20)18-13-16-10(25-2)8-11(17-13)26-3/h3-8H,2H2,1H3;5-8H,4H2,1-3H3,(H2,16,17,18,19,20). The van der Waals surface area contributed by atoms with Crippen molar-refractivity contribution in [2.24, 2.45) is 0 Å². The van der Waals surface area contributed by atoms with Gasteiger partial charge in [-0.25, -0.2) is 22.9 Å². The summed E-state index contributed by atoms with van der Waals surface area (Å²) in [6.07, 6.45) is -3.42. The Hall–Kier alpha value is -5.48. The number of methoxy groups -OCH3 is 2. The van der Waals surface area contributed by atoms with Gasteiger partial charge in [0.25, 0.3) is 10.0 Å². The maximum Gasteiger partial charge on any atom is 0.416 e. The van der Waals surface area contributed by atoms with Crippen LogP contribution in [0.25, 0.3) is 0 Å². The molecule has 0 saturated carbocycles. The monoisotopic (exact) mass is 792 g/mol. The fraction of sp³-hybridized carbons (Fsp3) is 0.241. The average molecular weight is 793 g/mol. The number of anilines is 1. The molecule has 0 atom stereocenters. The van der Waals surface area contributed by atoms with Crippen molar-refractivity contribution in [3.05, 3.63) is 81.5 Å². The number of nitro groups is 1. The molecule has 17 nitrogen and oxygen atoms in total. The molecule has 2 heterocycles. The van der Waals surface area contributed by atoms with Crippen molar-refractivity contribution >= 4 is 49.1 Å². The number of urea groups is 1. The van der Waals surface area contributed by atoms with E-state index in [1.807, 2.05) is 0 Å². The Morgan fingerprint density at radius 1 is 0.962 bits per heavy atom. The number of nitro benzene ring substituents is 1. The smallest absolute Gasteiger partial charge is 0.416 e. The van der Waals surface area contributed by atoms with Gasteiger partial charge in [-0.1, -0.05) is 18.5 Å². The van der Waals surface area contributed by atoms with E-state index in [0.717, 1.165) is 30.5 Å². The molecule has 0 spiro atoms. The van der Waals surface area contributed by atoms with E-state index in [1.165, 1.54) is 51.5 Å². The highest BCUT2D eigenvalue weighted by Gasteiger charge is 2.31. The predicted molar refractivity (Wildman–Crippen MR) is 177 cm³/mol. The zero-order chi connectivity index (χ0) is 38.9. The number of alkyl halides is 3. The quantitative estimate of drug-likeness (QED) is 0.131. The van der Waals surface area contributed by atoms with E-state index in [0.29, 0.717) is 0 Å². The molecule has 52 heavy (non-hydrogen) atoms. The second-order valence-corrected chi connectivity index (χ2v) is 13.9. The number of carbonyl (C=O) groups excluding carboxylic acids is 1. The summed E-state index contributed by atoms with van der Waals surface area (Å²) in [5.74, 6) is -0.400. The van der Waals surface area contributed by atoms with Crippen molar-refractivity contribution in [3.63, 3.8) is 0 Å². The van der Waals surface area contributed by atoms with Crippen LogP contribution < -0.4 is 29.0 Å². The number of amides is 2. The number of pyridine rings is 1. The van der Waals surface area contributed by atoms with Gasteiger partial charge in [0.05, 0.1) is 48.2 Å². The summed E-state index contributed by atoms with van der Waals surface area (Å²) >= 11 is 5.80. The lowest BCUT2D eigenvalue weighted by Gasteiger charge is -2.12. The molecular weight excluding hydrogens is 765 g/mol. The number of halogens is 4. The van der Waals surface area contributed by atoms with E-state index in [-0.39, 0.29) is 58.0 Å². The number of sulfonamides is 1. The van der Waals surface area contributed by atoms with Gasteiger partial charge in [-0.2, -0.15) is 31.6 Å². The number of nitrogens with one attached hydrogen (secondary N) is 2. The van der Waals surface area contributed by atoms with Crippen LogP contribution in [0.5, 0.6) is 29.0 Å². The van der Waals surface area contributed by atoms with Gasteiger partial charge in [0.1, 0.15) is 16.4 Å². The minimum Gasteiger partial charge on any atom is -0.487 e. The molecular formula is C29H28ClF3N6O11S2. The minimum atomic E-state index is -4.61. The lowest BCUT2D eigenvalue weighted by atomic mass is 10.2. The Balaban J connectivity index is 0.000000284. The van der Waals surface area contributed by atoms with E-state index in [4.69, 9.17) is 30.5 Å². The first-order valence-corrected chi connectivity index (χ1v) is 17.8. The molecule has 0 fully saturated rings. The molecule has 0 aliphatic rings. The predicted octanol–water partition coefficient (Wildman–Crippen LogP) is 5.65. The maximum atomic E-state index is 12.6. The second-order valence-electron chi connectivity index (χ2n) is 9.61. The maximum absolute atomic E-state index is 12.6. The van der Waals surface area contributed by atoms with Crippen molar-refractivity contribution in [1.82, 2.24) is 19.7 Å². The lowest BCUT2D eigenvalue weighted by molar-refractivity contribution is -0.385. The third-order valence-corrected chi connectivity index (χ3v) is 9.64. The van der Waals surface area contributed by atoms with Crippen molar-refractivity contribution in [2.45, 2.75) is 29.9 Å². The van der Waals surface area contributed by atoms with Gasteiger partial charge in [-0.05, 0) is 43.3 Å². The molecule has 2 aromatic carbocycles. The van der Waals surface area contributed by atoms with Crippen LogP contribution in [0, 0.1) is 10.1 Å².